The molecule has 168 valence electrons. The van der Waals surface area contributed by atoms with Crippen molar-refractivity contribution in [3.05, 3.63) is 56.9 Å². The molecule has 0 bridgehead atoms. The Morgan fingerprint density at radius 3 is 2.59 bits per heavy atom. The van der Waals surface area contributed by atoms with Crippen molar-refractivity contribution in [2.75, 3.05) is 19.0 Å². The molecule has 0 saturated carbocycles. The number of carbonyl (C=O) groups is 2. The number of amides is 2. The normalized spacial score (nSPS) is 14.9. The summed E-state index contributed by atoms with van der Waals surface area (Å²) in [5.74, 6) is -0.0108. The predicted octanol–water partition coefficient (Wildman–Crippen LogP) is 5.63. The highest BCUT2D eigenvalue weighted by molar-refractivity contribution is 8.26. The largest absolute Gasteiger partial charge is 0.493 e. The van der Waals surface area contributed by atoms with Gasteiger partial charge in [0.25, 0.3) is 11.8 Å². The van der Waals surface area contributed by atoms with E-state index in [0.717, 1.165) is 0 Å². The van der Waals surface area contributed by atoms with Crippen LogP contribution in [-0.4, -0.2) is 40.8 Å². The summed E-state index contributed by atoms with van der Waals surface area (Å²) in [6, 6.07) is 10.2. The summed E-state index contributed by atoms with van der Waals surface area (Å²) in [6.45, 7) is 3.51. The molecule has 2 aromatic rings. The number of nitrogens with zero attached hydrogens (tertiary/aromatic N) is 1. The second kappa shape index (κ2) is 10.6. The van der Waals surface area contributed by atoms with Gasteiger partial charge in [0.05, 0.1) is 27.7 Å². The minimum atomic E-state index is -0.405. The summed E-state index contributed by atoms with van der Waals surface area (Å²) in [4.78, 5) is 26.9. The highest BCUT2D eigenvalue weighted by atomic mass is 35.5. The maximum absolute atomic E-state index is 12.6. The summed E-state index contributed by atoms with van der Waals surface area (Å²) in [5.41, 5.74) is 1.12. The average Bonchev–Trinajstić information content (AvgIpc) is 3.01. The summed E-state index contributed by atoms with van der Waals surface area (Å²) < 4.78 is 11.5. The number of halogens is 2. The van der Waals surface area contributed by atoms with Crippen molar-refractivity contribution in [2.24, 2.45) is 0 Å². The van der Waals surface area contributed by atoms with Crippen LogP contribution in [0.15, 0.2) is 41.3 Å². The van der Waals surface area contributed by atoms with Gasteiger partial charge >= 0.3 is 0 Å². The van der Waals surface area contributed by atoms with Crippen LogP contribution in [0.1, 0.15) is 19.4 Å². The van der Waals surface area contributed by atoms with E-state index in [1.165, 1.54) is 18.9 Å². The summed E-state index contributed by atoms with van der Waals surface area (Å²) in [7, 11) is 1.46. The zero-order valence-corrected chi connectivity index (χ0v) is 20.6. The number of nitrogens with one attached hydrogen (secondary N) is 1. The Kier molecular flexibility index (Phi) is 8.05. The number of hydrogen-bond donors (Lipinski definition) is 1. The molecule has 1 aliphatic heterocycles. The minimum Gasteiger partial charge on any atom is -0.493 e. The smallest absolute Gasteiger partial charge is 0.266 e. The van der Waals surface area contributed by atoms with Gasteiger partial charge in [0, 0.05) is 6.04 Å². The molecule has 2 aromatic carbocycles. The van der Waals surface area contributed by atoms with Gasteiger partial charge in [0.15, 0.2) is 18.1 Å². The van der Waals surface area contributed by atoms with Crippen molar-refractivity contribution in [3.8, 4) is 11.5 Å². The maximum Gasteiger partial charge on any atom is 0.266 e. The fourth-order valence-corrected chi connectivity index (χ4v) is 4.91. The van der Waals surface area contributed by atoms with Crippen molar-refractivity contribution < 1.29 is 19.1 Å². The monoisotopic (exact) mass is 510 g/mol. The zero-order chi connectivity index (χ0) is 23.4. The number of rotatable bonds is 7. The second-order valence-corrected chi connectivity index (χ2v) is 9.49. The number of methoxy groups -OCH3 is 1. The molecule has 1 aliphatic rings. The number of thioether (sulfide) groups is 1. The molecule has 0 spiro atoms. The molecule has 1 heterocycles. The number of thiocarbonyl (C=S) groups is 1. The average molecular weight is 511 g/mol. The van der Waals surface area contributed by atoms with Gasteiger partial charge in [-0.05, 0) is 49.8 Å². The van der Waals surface area contributed by atoms with E-state index < -0.39 is 5.91 Å². The number of ether oxygens (including phenoxy) is 2. The molecule has 10 heteroatoms. The van der Waals surface area contributed by atoms with Gasteiger partial charge in [0.1, 0.15) is 4.32 Å². The van der Waals surface area contributed by atoms with E-state index in [0.29, 0.717) is 31.2 Å². The lowest BCUT2D eigenvalue weighted by atomic mass is 10.1. The Bertz CT molecular complexity index is 1110. The molecule has 1 N–H and O–H groups in total. The van der Waals surface area contributed by atoms with Crippen LogP contribution in [-0.2, 0) is 9.59 Å². The molecular weight excluding hydrogens is 491 g/mol. The van der Waals surface area contributed by atoms with Crippen LogP contribution in [0.2, 0.25) is 10.0 Å². The van der Waals surface area contributed by atoms with E-state index in [1.807, 2.05) is 13.8 Å². The highest BCUT2D eigenvalue weighted by Crippen LogP contribution is 2.39. The van der Waals surface area contributed by atoms with Gasteiger partial charge in [-0.3, -0.25) is 14.5 Å². The molecule has 0 atom stereocenters. The third-order valence-electron chi connectivity index (χ3n) is 4.39. The Hall–Kier alpha value is -2.26. The molecule has 2 amide bonds. The fraction of sp³-hybridized carbons (Fsp3) is 0.227. The maximum atomic E-state index is 12.6. The van der Waals surface area contributed by atoms with Gasteiger partial charge < -0.3 is 14.8 Å². The van der Waals surface area contributed by atoms with E-state index in [4.69, 9.17) is 44.9 Å². The van der Waals surface area contributed by atoms with Crippen LogP contribution in [0, 0.1) is 0 Å². The van der Waals surface area contributed by atoms with Crippen molar-refractivity contribution in [2.45, 2.75) is 19.9 Å². The van der Waals surface area contributed by atoms with Crippen molar-refractivity contribution in [1.82, 2.24) is 4.90 Å². The Labute approximate surface area is 205 Å². The molecule has 6 nitrogen and oxygen atoms in total. The minimum absolute atomic E-state index is 0.0285. The first-order valence-electron chi connectivity index (χ1n) is 9.53. The van der Waals surface area contributed by atoms with Gasteiger partial charge in [-0.2, -0.15) is 0 Å². The van der Waals surface area contributed by atoms with E-state index in [9.17, 15) is 9.59 Å². The van der Waals surface area contributed by atoms with Crippen LogP contribution < -0.4 is 14.8 Å². The molecule has 0 radical (unpaired) electrons. The summed E-state index contributed by atoms with van der Waals surface area (Å²) >= 11 is 19.0. The van der Waals surface area contributed by atoms with Crippen LogP contribution in [0.5, 0.6) is 11.5 Å². The topological polar surface area (TPSA) is 67.9 Å². The number of benzene rings is 2. The van der Waals surface area contributed by atoms with Gasteiger partial charge in [-0.25, -0.2) is 0 Å². The third kappa shape index (κ3) is 5.56. The quantitative estimate of drug-likeness (QED) is 0.384. The molecule has 0 unspecified atom stereocenters. The van der Waals surface area contributed by atoms with Crippen LogP contribution in [0.4, 0.5) is 5.69 Å². The fourth-order valence-electron chi connectivity index (χ4n) is 2.93. The van der Waals surface area contributed by atoms with Crippen molar-refractivity contribution in [3.63, 3.8) is 0 Å². The predicted molar refractivity (Wildman–Crippen MR) is 134 cm³/mol. The number of carbonyl (C=O) groups excluding carboxylic acids is 2. The van der Waals surface area contributed by atoms with Crippen molar-refractivity contribution >= 4 is 75.1 Å². The standard InChI is InChI=1S/C22H20Cl2N2O4S2/c1-12(2)26-21(28)18(32-22(26)31)10-13-8-15(24)20(17(9-13)29-3)30-11-19(27)25-16-7-5-4-6-14(16)23/h4-10,12H,11H2,1-3H3,(H,25,27)/b18-10-. The van der Waals surface area contributed by atoms with E-state index in [1.54, 1.807) is 47.4 Å². The SMILES string of the molecule is COc1cc(/C=C2\SC(=S)N(C(C)C)C2=O)cc(Cl)c1OCC(=O)Nc1ccccc1Cl. The first-order chi connectivity index (χ1) is 15.2. The molecular formula is C22H20Cl2N2O4S2. The zero-order valence-electron chi connectivity index (χ0n) is 17.5. The van der Waals surface area contributed by atoms with Crippen molar-refractivity contribution in [1.29, 1.82) is 0 Å². The molecule has 0 aliphatic carbocycles. The highest BCUT2D eigenvalue weighted by Gasteiger charge is 2.33. The van der Waals surface area contributed by atoms with Gasteiger partial charge in [-0.15, -0.1) is 0 Å². The number of anilines is 1. The van der Waals surface area contributed by atoms with Crippen LogP contribution in [0.25, 0.3) is 6.08 Å². The van der Waals surface area contributed by atoms with E-state index >= 15 is 0 Å². The first kappa shape index (κ1) is 24.4. The lowest BCUT2D eigenvalue weighted by Gasteiger charge is -2.18. The Morgan fingerprint density at radius 2 is 1.97 bits per heavy atom. The molecule has 32 heavy (non-hydrogen) atoms. The van der Waals surface area contributed by atoms with Crippen LogP contribution >= 0.6 is 47.2 Å². The summed E-state index contributed by atoms with van der Waals surface area (Å²) in [5, 5.41) is 3.33. The Balaban J connectivity index is 1.76. The lowest BCUT2D eigenvalue weighted by Crippen LogP contribution is -2.34. The second-order valence-electron chi connectivity index (χ2n) is 7.00. The number of para-hydroxylation sites is 1. The van der Waals surface area contributed by atoms with Crippen LogP contribution in [0.3, 0.4) is 0 Å². The third-order valence-corrected chi connectivity index (χ3v) is 6.33. The molecule has 1 fully saturated rings. The molecule has 0 aromatic heterocycles. The first-order valence-corrected chi connectivity index (χ1v) is 11.5. The Morgan fingerprint density at radius 1 is 1.25 bits per heavy atom. The van der Waals surface area contributed by atoms with Gasteiger partial charge in [0.2, 0.25) is 0 Å². The van der Waals surface area contributed by atoms with E-state index in [-0.39, 0.29) is 29.3 Å². The molecule has 1 saturated heterocycles. The van der Waals surface area contributed by atoms with Gasteiger partial charge in [-0.1, -0.05) is 59.3 Å². The lowest BCUT2D eigenvalue weighted by molar-refractivity contribution is -0.123. The number of hydrogen-bond acceptors (Lipinski definition) is 6. The van der Waals surface area contributed by atoms with E-state index in [2.05, 4.69) is 5.32 Å². The molecule has 3 rings (SSSR count). The summed E-state index contributed by atoms with van der Waals surface area (Å²) in [6.07, 6.45) is 1.70.